The van der Waals surface area contributed by atoms with Crippen LogP contribution >= 0.6 is 0 Å². The maximum atomic E-state index is 14.3. The van der Waals surface area contributed by atoms with E-state index in [9.17, 15) is 9.18 Å². The molecular formula is C22H24FN7O. The van der Waals surface area contributed by atoms with Crippen LogP contribution in [0.15, 0.2) is 47.4 Å². The van der Waals surface area contributed by atoms with E-state index in [1.54, 1.807) is 12.3 Å². The lowest BCUT2D eigenvalue weighted by Gasteiger charge is -2.41. The van der Waals surface area contributed by atoms with Gasteiger partial charge in [-0.25, -0.2) is 14.3 Å². The van der Waals surface area contributed by atoms with Crippen molar-refractivity contribution in [1.29, 1.82) is 0 Å². The van der Waals surface area contributed by atoms with Crippen molar-refractivity contribution in [2.45, 2.75) is 38.5 Å². The molecule has 0 radical (unpaired) electrons. The molecule has 1 aliphatic rings. The normalized spacial score (nSPS) is 16.1. The van der Waals surface area contributed by atoms with Crippen LogP contribution in [0.3, 0.4) is 0 Å². The zero-order valence-corrected chi connectivity index (χ0v) is 17.4. The number of nitrogens with one attached hydrogen (secondary N) is 3. The number of allylic oxidation sites excluding steroid dienone is 4. The highest BCUT2D eigenvalue weighted by molar-refractivity contribution is 5.67. The van der Waals surface area contributed by atoms with Gasteiger partial charge in [-0.2, -0.15) is 5.10 Å². The summed E-state index contributed by atoms with van der Waals surface area (Å²) in [7, 11) is 0. The smallest absolute Gasteiger partial charge is 0.340 e. The Labute approximate surface area is 178 Å². The van der Waals surface area contributed by atoms with Crippen LogP contribution < -0.4 is 11.0 Å². The molecule has 0 bridgehead atoms. The number of nitrogens with zero attached hydrogens (tertiary/aromatic N) is 4. The van der Waals surface area contributed by atoms with E-state index < -0.39 is 0 Å². The fourth-order valence-corrected chi connectivity index (χ4v) is 3.64. The molecule has 0 amide bonds. The van der Waals surface area contributed by atoms with Crippen molar-refractivity contribution in [1.82, 2.24) is 30.4 Å². The average molecular weight is 421 g/mol. The summed E-state index contributed by atoms with van der Waals surface area (Å²) in [6.07, 6.45) is 8.25. The molecule has 0 spiro atoms. The minimum absolute atomic E-state index is 0.256. The SMILES string of the molecule is C/C(=C\C=C(/C)c1n[nH]c(=O)[nH]1)c1ccc(NCC2(c3ncccc3F)CCC2)nn1. The lowest BCUT2D eigenvalue weighted by atomic mass is 9.66. The van der Waals surface area contributed by atoms with E-state index in [2.05, 4.69) is 35.7 Å². The molecule has 31 heavy (non-hydrogen) atoms. The fraction of sp³-hybridized carbons (Fsp3) is 0.318. The summed E-state index contributed by atoms with van der Waals surface area (Å²) in [6.45, 7) is 4.35. The molecule has 3 aromatic rings. The van der Waals surface area contributed by atoms with Gasteiger partial charge in [-0.05, 0) is 62.1 Å². The first-order valence-corrected chi connectivity index (χ1v) is 10.2. The monoisotopic (exact) mass is 421 g/mol. The summed E-state index contributed by atoms with van der Waals surface area (Å²) >= 11 is 0. The van der Waals surface area contributed by atoms with Gasteiger partial charge in [0.05, 0.1) is 11.4 Å². The van der Waals surface area contributed by atoms with E-state index in [0.717, 1.165) is 36.1 Å². The number of hydrogen-bond donors (Lipinski definition) is 3. The summed E-state index contributed by atoms with van der Waals surface area (Å²) in [4.78, 5) is 18.1. The van der Waals surface area contributed by atoms with E-state index in [-0.39, 0.29) is 16.9 Å². The third-order valence-corrected chi connectivity index (χ3v) is 5.71. The van der Waals surface area contributed by atoms with Crippen LogP contribution in [0, 0.1) is 5.82 Å². The van der Waals surface area contributed by atoms with Gasteiger partial charge in [0.2, 0.25) is 0 Å². The average Bonchev–Trinajstić information content (AvgIpc) is 3.19. The number of H-pyrrole nitrogens is 2. The molecule has 4 rings (SSSR count). The summed E-state index contributed by atoms with van der Waals surface area (Å²) in [6, 6.07) is 6.83. The third kappa shape index (κ3) is 4.45. The Kier molecular flexibility index (Phi) is 5.75. The summed E-state index contributed by atoms with van der Waals surface area (Å²) in [5, 5.41) is 18.1. The Morgan fingerprint density at radius 2 is 2.00 bits per heavy atom. The van der Waals surface area contributed by atoms with Crippen LogP contribution in [0.1, 0.15) is 50.3 Å². The molecule has 1 aliphatic carbocycles. The molecule has 1 saturated carbocycles. The van der Waals surface area contributed by atoms with Crippen molar-refractivity contribution in [2.75, 3.05) is 11.9 Å². The highest BCUT2D eigenvalue weighted by Gasteiger charge is 2.41. The highest BCUT2D eigenvalue weighted by Crippen LogP contribution is 2.43. The van der Waals surface area contributed by atoms with Gasteiger partial charge in [-0.15, -0.1) is 10.2 Å². The molecule has 3 N–H and O–H groups in total. The van der Waals surface area contributed by atoms with Crippen LogP contribution in [0.5, 0.6) is 0 Å². The summed E-state index contributed by atoms with van der Waals surface area (Å²) < 4.78 is 14.3. The molecular weight excluding hydrogens is 397 g/mol. The zero-order chi connectivity index (χ0) is 21.8. The van der Waals surface area contributed by atoms with E-state index in [0.29, 0.717) is 23.9 Å². The predicted molar refractivity (Wildman–Crippen MR) is 117 cm³/mol. The second-order valence-electron chi connectivity index (χ2n) is 7.85. The van der Waals surface area contributed by atoms with Gasteiger partial charge in [0, 0.05) is 18.2 Å². The molecule has 1 fully saturated rings. The van der Waals surface area contributed by atoms with Crippen molar-refractivity contribution in [3.8, 4) is 0 Å². The van der Waals surface area contributed by atoms with Gasteiger partial charge in [-0.1, -0.05) is 18.6 Å². The molecule has 0 aromatic carbocycles. The Balaban J connectivity index is 1.42. The van der Waals surface area contributed by atoms with Crippen LogP contribution in [0.2, 0.25) is 0 Å². The fourth-order valence-electron chi connectivity index (χ4n) is 3.64. The maximum Gasteiger partial charge on any atom is 0.340 e. The Morgan fingerprint density at radius 3 is 2.61 bits per heavy atom. The second kappa shape index (κ2) is 8.63. The maximum absolute atomic E-state index is 14.3. The first kappa shape index (κ1) is 20.6. The first-order chi connectivity index (χ1) is 15.0. The molecule has 160 valence electrons. The number of aromatic amines is 2. The lowest BCUT2D eigenvalue weighted by Crippen LogP contribution is -2.42. The lowest BCUT2D eigenvalue weighted by molar-refractivity contribution is 0.243. The van der Waals surface area contributed by atoms with Crippen molar-refractivity contribution < 1.29 is 4.39 Å². The van der Waals surface area contributed by atoms with Crippen molar-refractivity contribution >= 4 is 17.0 Å². The van der Waals surface area contributed by atoms with Gasteiger partial charge < -0.3 is 5.32 Å². The van der Waals surface area contributed by atoms with Crippen LogP contribution in [-0.4, -0.2) is 36.9 Å². The number of rotatable bonds is 7. The molecule has 3 heterocycles. The highest BCUT2D eigenvalue weighted by atomic mass is 19.1. The molecule has 0 atom stereocenters. The number of halogens is 1. The summed E-state index contributed by atoms with van der Waals surface area (Å²) in [5.41, 5.74) is 2.36. The minimum atomic E-state index is -0.341. The Hall–Kier alpha value is -3.62. The molecule has 3 aromatic heterocycles. The van der Waals surface area contributed by atoms with Gasteiger partial charge >= 0.3 is 5.69 Å². The van der Waals surface area contributed by atoms with Gasteiger partial charge in [0.25, 0.3) is 0 Å². The van der Waals surface area contributed by atoms with Crippen LogP contribution in [0.4, 0.5) is 10.2 Å². The number of aromatic nitrogens is 6. The number of pyridine rings is 1. The van der Waals surface area contributed by atoms with Crippen molar-refractivity contribution in [3.63, 3.8) is 0 Å². The largest absolute Gasteiger partial charge is 0.368 e. The van der Waals surface area contributed by atoms with E-state index in [4.69, 9.17) is 0 Å². The first-order valence-electron chi connectivity index (χ1n) is 10.2. The molecule has 9 heteroatoms. The molecule has 0 saturated heterocycles. The zero-order valence-electron chi connectivity index (χ0n) is 17.4. The Bertz CT molecular complexity index is 1170. The van der Waals surface area contributed by atoms with Crippen LogP contribution in [-0.2, 0) is 5.41 Å². The number of hydrogen-bond acceptors (Lipinski definition) is 6. The second-order valence-corrected chi connectivity index (χ2v) is 7.85. The predicted octanol–water partition coefficient (Wildman–Crippen LogP) is 3.46. The van der Waals surface area contributed by atoms with Crippen molar-refractivity contribution in [3.05, 3.63) is 76.1 Å². The number of anilines is 1. The summed E-state index contributed by atoms with van der Waals surface area (Å²) in [5.74, 6) is 0.877. The van der Waals surface area contributed by atoms with Gasteiger partial charge in [0.15, 0.2) is 5.82 Å². The molecule has 8 nitrogen and oxygen atoms in total. The third-order valence-electron chi connectivity index (χ3n) is 5.71. The molecule has 0 aliphatic heterocycles. The van der Waals surface area contributed by atoms with Crippen molar-refractivity contribution in [2.24, 2.45) is 0 Å². The molecule has 0 unspecified atom stereocenters. The van der Waals surface area contributed by atoms with E-state index in [1.165, 1.54) is 6.07 Å². The quantitative estimate of drug-likeness (QED) is 0.504. The van der Waals surface area contributed by atoms with Gasteiger partial charge in [0.1, 0.15) is 11.6 Å². The topological polar surface area (TPSA) is 112 Å². The van der Waals surface area contributed by atoms with Gasteiger partial charge in [-0.3, -0.25) is 9.97 Å². The van der Waals surface area contributed by atoms with E-state index in [1.807, 2.05) is 38.1 Å². The van der Waals surface area contributed by atoms with E-state index >= 15 is 0 Å². The standard InChI is InChI=1S/C22H24FN7O/c1-14(6-7-15(2)20-26-21(31)30-29-20)17-8-9-18(28-27-17)25-13-22(10-4-11-22)19-16(23)5-3-12-24-19/h3,5-9,12H,4,10-11,13H2,1-2H3,(H,25,28)(H2,26,29,30,31)/b14-6+,15-7+. The van der Waals surface area contributed by atoms with Crippen LogP contribution in [0.25, 0.3) is 11.1 Å². The minimum Gasteiger partial charge on any atom is -0.368 e. The Morgan fingerprint density at radius 1 is 1.19 bits per heavy atom.